The van der Waals surface area contributed by atoms with Crippen LogP contribution in [0.2, 0.25) is 0 Å². The van der Waals surface area contributed by atoms with E-state index in [0.29, 0.717) is 19.2 Å². The summed E-state index contributed by atoms with van der Waals surface area (Å²) >= 11 is 0. The Balaban J connectivity index is 2.06. The standard InChI is InChI=1S/C15H21N3O2/c1-11(2)18-7-6-13(17-18)10-20-15-5-4-14(19-3)8-12(15)9-16/h4-8,11H,9-10,16H2,1-3H3. The average Bonchev–Trinajstić information content (AvgIpc) is 2.94. The Morgan fingerprint density at radius 2 is 2.10 bits per heavy atom. The predicted octanol–water partition coefficient (Wildman–Crippen LogP) is 2.51. The van der Waals surface area contributed by atoms with Crippen LogP contribution in [0.3, 0.4) is 0 Å². The third-order valence-corrected chi connectivity index (χ3v) is 3.06. The van der Waals surface area contributed by atoms with E-state index in [1.165, 1.54) is 0 Å². The summed E-state index contributed by atoms with van der Waals surface area (Å²) in [4.78, 5) is 0. The molecule has 0 aliphatic carbocycles. The summed E-state index contributed by atoms with van der Waals surface area (Å²) in [5.41, 5.74) is 7.56. The normalized spacial score (nSPS) is 10.8. The molecule has 0 radical (unpaired) electrons. The van der Waals surface area contributed by atoms with Gasteiger partial charge >= 0.3 is 0 Å². The fourth-order valence-electron chi connectivity index (χ4n) is 1.88. The second-order valence-electron chi connectivity index (χ2n) is 4.85. The van der Waals surface area contributed by atoms with Crippen molar-refractivity contribution in [2.24, 2.45) is 5.73 Å². The molecule has 0 unspecified atom stereocenters. The summed E-state index contributed by atoms with van der Waals surface area (Å²) in [6.07, 6.45) is 1.96. The van der Waals surface area contributed by atoms with Gasteiger partial charge in [-0.25, -0.2) is 0 Å². The summed E-state index contributed by atoms with van der Waals surface area (Å²) in [5, 5.41) is 4.45. The zero-order valence-electron chi connectivity index (χ0n) is 12.2. The van der Waals surface area contributed by atoms with Crippen molar-refractivity contribution in [3.05, 3.63) is 41.7 Å². The van der Waals surface area contributed by atoms with Crippen LogP contribution in [0.4, 0.5) is 0 Å². The molecule has 2 rings (SSSR count). The Morgan fingerprint density at radius 1 is 1.30 bits per heavy atom. The molecule has 5 nitrogen and oxygen atoms in total. The SMILES string of the molecule is COc1ccc(OCc2ccn(C(C)C)n2)c(CN)c1. The van der Waals surface area contributed by atoms with E-state index in [-0.39, 0.29) is 0 Å². The lowest BCUT2D eigenvalue weighted by Gasteiger charge is -2.11. The second-order valence-corrected chi connectivity index (χ2v) is 4.85. The van der Waals surface area contributed by atoms with Crippen LogP contribution >= 0.6 is 0 Å². The van der Waals surface area contributed by atoms with E-state index >= 15 is 0 Å². The third-order valence-electron chi connectivity index (χ3n) is 3.06. The number of nitrogens with zero attached hydrogens (tertiary/aromatic N) is 2. The average molecular weight is 275 g/mol. The van der Waals surface area contributed by atoms with Crippen LogP contribution in [0.5, 0.6) is 11.5 Å². The first kappa shape index (κ1) is 14.4. The molecule has 0 bridgehead atoms. The van der Waals surface area contributed by atoms with E-state index in [9.17, 15) is 0 Å². The van der Waals surface area contributed by atoms with E-state index in [0.717, 1.165) is 22.8 Å². The highest BCUT2D eigenvalue weighted by molar-refractivity contribution is 5.40. The minimum Gasteiger partial charge on any atom is -0.497 e. The maximum absolute atomic E-state index is 5.80. The van der Waals surface area contributed by atoms with Gasteiger partial charge in [-0.1, -0.05) is 0 Å². The van der Waals surface area contributed by atoms with Gasteiger partial charge in [0.25, 0.3) is 0 Å². The molecule has 2 N–H and O–H groups in total. The highest BCUT2D eigenvalue weighted by atomic mass is 16.5. The lowest BCUT2D eigenvalue weighted by atomic mass is 10.2. The van der Waals surface area contributed by atoms with Crippen LogP contribution in [0, 0.1) is 0 Å². The molecule has 2 aromatic rings. The number of nitrogens with two attached hydrogens (primary N) is 1. The lowest BCUT2D eigenvalue weighted by Crippen LogP contribution is -2.05. The summed E-state index contributed by atoms with van der Waals surface area (Å²) in [5.74, 6) is 1.55. The van der Waals surface area contributed by atoms with Crippen molar-refractivity contribution < 1.29 is 9.47 Å². The zero-order chi connectivity index (χ0) is 14.5. The fourth-order valence-corrected chi connectivity index (χ4v) is 1.88. The molecule has 0 spiro atoms. The zero-order valence-corrected chi connectivity index (χ0v) is 12.2. The maximum Gasteiger partial charge on any atom is 0.132 e. The van der Waals surface area contributed by atoms with Gasteiger partial charge in [0.15, 0.2) is 0 Å². The van der Waals surface area contributed by atoms with E-state index in [4.69, 9.17) is 15.2 Å². The number of hydrogen-bond acceptors (Lipinski definition) is 4. The van der Waals surface area contributed by atoms with Crippen LogP contribution < -0.4 is 15.2 Å². The van der Waals surface area contributed by atoms with Crippen molar-refractivity contribution in [1.82, 2.24) is 9.78 Å². The molecule has 1 aromatic heterocycles. The number of benzene rings is 1. The molecular weight excluding hydrogens is 254 g/mol. The second kappa shape index (κ2) is 6.43. The van der Waals surface area contributed by atoms with Crippen molar-refractivity contribution >= 4 is 0 Å². The van der Waals surface area contributed by atoms with Gasteiger partial charge in [-0.3, -0.25) is 4.68 Å². The van der Waals surface area contributed by atoms with Gasteiger partial charge in [-0.05, 0) is 38.1 Å². The molecule has 0 amide bonds. The Morgan fingerprint density at radius 3 is 2.70 bits per heavy atom. The molecular formula is C15H21N3O2. The quantitative estimate of drug-likeness (QED) is 0.880. The molecule has 0 aliphatic rings. The molecule has 5 heteroatoms. The highest BCUT2D eigenvalue weighted by Gasteiger charge is 2.07. The van der Waals surface area contributed by atoms with Crippen molar-refractivity contribution in [3.8, 4) is 11.5 Å². The van der Waals surface area contributed by atoms with Crippen LogP contribution in [-0.4, -0.2) is 16.9 Å². The molecule has 108 valence electrons. The van der Waals surface area contributed by atoms with E-state index in [1.54, 1.807) is 7.11 Å². The van der Waals surface area contributed by atoms with Crippen LogP contribution in [0.15, 0.2) is 30.5 Å². The summed E-state index contributed by atoms with van der Waals surface area (Å²) in [6.45, 7) is 5.02. The molecule has 1 aromatic carbocycles. The van der Waals surface area contributed by atoms with Gasteiger partial charge in [-0.2, -0.15) is 5.10 Å². The maximum atomic E-state index is 5.80. The van der Waals surface area contributed by atoms with Crippen LogP contribution in [0.1, 0.15) is 31.1 Å². The van der Waals surface area contributed by atoms with Gasteiger partial charge in [0.1, 0.15) is 18.1 Å². The summed E-state index contributed by atoms with van der Waals surface area (Å²) < 4.78 is 12.9. The number of hydrogen-bond donors (Lipinski definition) is 1. The number of methoxy groups -OCH3 is 1. The van der Waals surface area contributed by atoms with Crippen LogP contribution in [0.25, 0.3) is 0 Å². The number of aromatic nitrogens is 2. The number of ether oxygens (including phenoxy) is 2. The first-order chi connectivity index (χ1) is 9.63. The number of rotatable bonds is 6. The van der Waals surface area contributed by atoms with Gasteiger partial charge < -0.3 is 15.2 Å². The topological polar surface area (TPSA) is 62.3 Å². The summed E-state index contributed by atoms with van der Waals surface area (Å²) in [7, 11) is 1.63. The molecule has 0 saturated carbocycles. The predicted molar refractivity (Wildman–Crippen MR) is 77.8 cm³/mol. The van der Waals surface area contributed by atoms with E-state index < -0.39 is 0 Å². The Hall–Kier alpha value is -2.01. The minimum atomic E-state index is 0.351. The van der Waals surface area contributed by atoms with Gasteiger partial charge in [-0.15, -0.1) is 0 Å². The van der Waals surface area contributed by atoms with E-state index in [2.05, 4.69) is 18.9 Å². The largest absolute Gasteiger partial charge is 0.497 e. The van der Waals surface area contributed by atoms with Gasteiger partial charge in [0.05, 0.1) is 12.8 Å². The molecule has 0 aliphatic heterocycles. The van der Waals surface area contributed by atoms with Gasteiger partial charge in [0.2, 0.25) is 0 Å². The third kappa shape index (κ3) is 3.30. The van der Waals surface area contributed by atoms with Crippen molar-refractivity contribution in [3.63, 3.8) is 0 Å². The fraction of sp³-hybridized carbons (Fsp3) is 0.400. The Bertz CT molecular complexity index is 564. The molecule has 1 heterocycles. The Labute approximate surface area is 119 Å². The lowest BCUT2D eigenvalue weighted by molar-refractivity contribution is 0.295. The van der Waals surface area contributed by atoms with Crippen molar-refractivity contribution in [2.45, 2.75) is 33.0 Å². The Kier molecular flexibility index (Phi) is 4.63. The van der Waals surface area contributed by atoms with E-state index in [1.807, 2.05) is 35.1 Å². The monoisotopic (exact) mass is 275 g/mol. The van der Waals surface area contributed by atoms with Crippen molar-refractivity contribution in [1.29, 1.82) is 0 Å². The first-order valence-electron chi connectivity index (χ1n) is 6.68. The molecule has 0 saturated heterocycles. The highest BCUT2D eigenvalue weighted by Crippen LogP contribution is 2.24. The summed E-state index contributed by atoms with van der Waals surface area (Å²) in [6, 6.07) is 7.94. The van der Waals surface area contributed by atoms with Crippen LogP contribution in [-0.2, 0) is 13.2 Å². The smallest absolute Gasteiger partial charge is 0.132 e. The minimum absolute atomic E-state index is 0.351. The van der Waals surface area contributed by atoms with Gasteiger partial charge in [0, 0.05) is 24.3 Å². The van der Waals surface area contributed by atoms with Crippen molar-refractivity contribution in [2.75, 3.05) is 7.11 Å². The molecule has 0 fully saturated rings. The first-order valence-corrected chi connectivity index (χ1v) is 6.68. The molecule has 0 atom stereocenters. The molecule has 20 heavy (non-hydrogen) atoms.